The molecule has 1 saturated heterocycles. The Hall–Kier alpha value is -2.73. The first-order valence-electron chi connectivity index (χ1n) is 8.69. The standard InChI is InChI=1S/C21H19NO4S/c1-13-16-5-3-4-6-17(16)26-21(24)18(13)19(23)22-11-12-27-20(22)14-7-9-15(25-2)10-8-14/h3-10,20H,11-12H2,1-2H3. The second-order valence-electron chi connectivity index (χ2n) is 6.38. The average Bonchev–Trinajstić information content (AvgIpc) is 3.18. The van der Waals surface area contributed by atoms with E-state index in [1.54, 1.807) is 36.8 Å². The van der Waals surface area contributed by atoms with Crippen LogP contribution in [0.2, 0.25) is 0 Å². The number of carbonyl (C=O) groups excluding carboxylic acids is 1. The molecule has 0 saturated carbocycles. The zero-order valence-corrected chi connectivity index (χ0v) is 15.9. The summed E-state index contributed by atoms with van der Waals surface area (Å²) in [5, 5.41) is 0.655. The van der Waals surface area contributed by atoms with Gasteiger partial charge >= 0.3 is 5.63 Å². The molecule has 1 aliphatic heterocycles. The lowest BCUT2D eigenvalue weighted by Crippen LogP contribution is -2.34. The molecule has 0 radical (unpaired) electrons. The molecule has 0 N–H and O–H groups in total. The molecule has 6 heteroatoms. The summed E-state index contributed by atoms with van der Waals surface area (Å²) in [6.45, 7) is 2.39. The van der Waals surface area contributed by atoms with Crippen LogP contribution in [0.4, 0.5) is 0 Å². The van der Waals surface area contributed by atoms with Crippen LogP contribution in [0.25, 0.3) is 11.0 Å². The molecule has 138 valence electrons. The monoisotopic (exact) mass is 381 g/mol. The van der Waals surface area contributed by atoms with Crippen LogP contribution in [-0.4, -0.2) is 30.2 Å². The van der Waals surface area contributed by atoms with Gasteiger partial charge in [0.25, 0.3) is 5.91 Å². The van der Waals surface area contributed by atoms with Gasteiger partial charge in [0.2, 0.25) is 0 Å². The lowest BCUT2D eigenvalue weighted by atomic mass is 10.0. The predicted molar refractivity (Wildman–Crippen MR) is 106 cm³/mol. The number of methoxy groups -OCH3 is 1. The molecule has 2 aromatic carbocycles. The van der Waals surface area contributed by atoms with Crippen LogP contribution in [0.5, 0.6) is 5.75 Å². The highest BCUT2D eigenvalue weighted by atomic mass is 32.2. The van der Waals surface area contributed by atoms with E-state index in [4.69, 9.17) is 9.15 Å². The molecule has 0 spiro atoms. The van der Waals surface area contributed by atoms with Gasteiger partial charge in [0.1, 0.15) is 22.3 Å². The zero-order chi connectivity index (χ0) is 19.0. The van der Waals surface area contributed by atoms with Crippen molar-refractivity contribution < 1.29 is 13.9 Å². The van der Waals surface area contributed by atoms with Crippen molar-refractivity contribution in [1.82, 2.24) is 4.90 Å². The first-order chi connectivity index (χ1) is 13.1. The van der Waals surface area contributed by atoms with E-state index in [9.17, 15) is 9.59 Å². The molecule has 5 nitrogen and oxygen atoms in total. The average molecular weight is 381 g/mol. The summed E-state index contributed by atoms with van der Waals surface area (Å²) in [4.78, 5) is 27.6. The highest BCUT2D eigenvalue weighted by molar-refractivity contribution is 7.99. The van der Waals surface area contributed by atoms with Gasteiger partial charge in [-0.15, -0.1) is 11.8 Å². The van der Waals surface area contributed by atoms with E-state index < -0.39 is 5.63 Å². The maximum Gasteiger partial charge on any atom is 0.349 e. The molecular formula is C21H19NO4S. The van der Waals surface area contributed by atoms with E-state index in [-0.39, 0.29) is 16.8 Å². The number of amides is 1. The van der Waals surface area contributed by atoms with Crippen molar-refractivity contribution in [3.05, 3.63) is 75.6 Å². The van der Waals surface area contributed by atoms with E-state index in [1.807, 2.05) is 42.5 Å². The van der Waals surface area contributed by atoms with Crippen molar-refractivity contribution in [3.8, 4) is 5.75 Å². The third-order valence-corrected chi connectivity index (χ3v) is 6.10. The Morgan fingerprint density at radius 2 is 1.93 bits per heavy atom. The number of carbonyl (C=O) groups is 1. The largest absolute Gasteiger partial charge is 0.497 e. The van der Waals surface area contributed by atoms with E-state index in [0.717, 1.165) is 22.5 Å². The number of fused-ring (bicyclic) bond motifs is 1. The second kappa shape index (κ2) is 7.12. The van der Waals surface area contributed by atoms with Crippen molar-refractivity contribution >= 4 is 28.6 Å². The van der Waals surface area contributed by atoms with Crippen LogP contribution >= 0.6 is 11.8 Å². The fraction of sp³-hybridized carbons (Fsp3) is 0.238. The van der Waals surface area contributed by atoms with Crippen molar-refractivity contribution in [1.29, 1.82) is 0 Å². The number of rotatable bonds is 3. The number of aryl methyl sites for hydroxylation is 1. The van der Waals surface area contributed by atoms with Gasteiger partial charge in [0.15, 0.2) is 0 Å². The molecule has 1 unspecified atom stereocenters. The zero-order valence-electron chi connectivity index (χ0n) is 15.1. The quantitative estimate of drug-likeness (QED) is 0.642. The van der Waals surface area contributed by atoms with Gasteiger partial charge in [-0.1, -0.05) is 30.3 Å². The Kier molecular flexibility index (Phi) is 4.66. The number of para-hydroxylation sites is 1. The van der Waals surface area contributed by atoms with Crippen molar-refractivity contribution in [2.45, 2.75) is 12.3 Å². The smallest absolute Gasteiger partial charge is 0.349 e. The normalized spacial score (nSPS) is 16.7. The van der Waals surface area contributed by atoms with Gasteiger partial charge in [-0.2, -0.15) is 0 Å². The maximum absolute atomic E-state index is 13.3. The summed E-state index contributed by atoms with van der Waals surface area (Å²) >= 11 is 1.69. The topological polar surface area (TPSA) is 59.8 Å². The van der Waals surface area contributed by atoms with Crippen LogP contribution < -0.4 is 10.4 Å². The van der Waals surface area contributed by atoms with Gasteiger partial charge in [0, 0.05) is 17.7 Å². The molecule has 1 fully saturated rings. The number of ether oxygens (including phenoxy) is 1. The molecule has 0 aliphatic carbocycles. The maximum atomic E-state index is 13.3. The SMILES string of the molecule is COc1ccc(C2SCCN2C(=O)c2c(C)c3ccccc3oc2=O)cc1. The van der Waals surface area contributed by atoms with Crippen LogP contribution in [0.1, 0.15) is 26.9 Å². The minimum atomic E-state index is -0.582. The molecule has 0 bridgehead atoms. The van der Waals surface area contributed by atoms with Gasteiger partial charge < -0.3 is 14.1 Å². The summed E-state index contributed by atoms with van der Waals surface area (Å²) in [7, 11) is 1.62. The minimum absolute atomic E-state index is 0.120. The summed E-state index contributed by atoms with van der Waals surface area (Å²) in [6, 6.07) is 15.0. The van der Waals surface area contributed by atoms with Crippen LogP contribution in [0.3, 0.4) is 0 Å². The van der Waals surface area contributed by atoms with Gasteiger partial charge in [-0.3, -0.25) is 4.79 Å². The van der Waals surface area contributed by atoms with Crippen molar-refractivity contribution in [2.24, 2.45) is 0 Å². The third-order valence-electron chi connectivity index (χ3n) is 4.84. The molecule has 1 amide bonds. The molecule has 1 aliphatic rings. The molecule has 1 aromatic heterocycles. The Morgan fingerprint density at radius 1 is 1.19 bits per heavy atom. The molecule has 3 aromatic rings. The Labute approximate surface area is 160 Å². The first kappa shape index (κ1) is 17.7. The molecule has 2 heterocycles. The molecule has 1 atom stereocenters. The number of nitrogens with zero attached hydrogens (tertiary/aromatic N) is 1. The summed E-state index contributed by atoms with van der Waals surface area (Å²) in [5.41, 5.74) is 1.71. The summed E-state index contributed by atoms with van der Waals surface area (Å²) < 4.78 is 10.6. The Balaban J connectivity index is 1.73. The van der Waals surface area contributed by atoms with E-state index >= 15 is 0 Å². The van der Waals surface area contributed by atoms with Gasteiger partial charge in [0.05, 0.1) is 7.11 Å². The van der Waals surface area contributed by atoms with Gasteiger partial charge in [-0.05, 0) is 36.2 Å². The Bertz CT molecular complexity index is 1060. The van der Waals surface area contributed by atoms with Crippen molar-refractivity contribution in [3.63, 3.8) is 0 Å². The highest BCUT2D eigenvalue weighted by Crippen LogP contribution is 2.39. The van der Waals surface area contributed by atoms with E-state index in [2.05, 4.69) is 0 Å². The first-order valence-corrected chi connectivity index (χ1v) is 9.74. The lowest BCUT2D eigenvalue weighted by Gasteiger charge is -2.24. The minimum Gasteiger partial charge on any atom is -0.497 e. The number of hydrogen-bond acceptors (Lipinski definition) is 5. The van der Waals surface area contributed by atoms with Gasteiger partial charge in [-0.25, -0.2) is 4.79 Å². The lowest BCUT2D eigenvalue weighted by molar-refractivity contribution is 0.0755. The van der Waals surface area contributed by atoms with Crippen LogP contribution in [-0.2, 0) is 0 Å². The summed E-state index contributed by atoms with van der Waals surface area (Å²) in [6.07, 6.45) is 0. The fourth-order valence-corrected chi connectivity index (χ4v) is 4.67. The number of benzene rings is 2. The Morgan fingerprint density at radius 3 is 2.67 bits per heavy atom. The fourth-order valence-electron chi connectivity index (χ4n) is 3.42. The highest BCUT2D eigenvalue weighted by Gasteiger charge is 2.34. The predicted octanol–water partition coefficient (Wildman–Crippen LogP) is 4.00. The second-order valence-corrected chi connectivity index (χ2v) is 7.57. The number of thioether (sulfide) groups is 1. The van der Waals surface area contributed by atoms with Crippen LogP contribution in [0.15, 0.2) is 57.7 Å². The molecule has 4 rings (SSSR count). The van der Waals surface area contributed by atoms with E-state index in [0.29, 0.717) is 17.7 Å². The molecular weight excluding hydrogens is 362 g/mol. The van der Waals surface area contributed by atoms with Crippen molar-refractivity contribution in [2.75, 3.05) is 19.4 Å². The summed E-state index contributed by atoms with van der Waals surface area (Å²) in [5.74, 6) is 1.31. The third kappa shape index (κ3) is 3.10. The molecule has 27 heavy (non-hydrogen) atoms. The van der Waals surface area contributed by atoms with E-state index in [1.165, 1.54) is 0 Å². The van der Waals surface area contributed by atoms with Crippen LogP contribution in [0, 0.1) is 6.92 Å². The number of hydrogen-bond donors (Lipinski definition) is 0.